The summed E-state index contributed by atoms with van der Waals surface area (Å²) in [7, 11) is 0. The molecule has 0 aromatic heterocycles. The van der Waals surface area contributed by atoms with Crippen LogP contribution in [0.25, 0.3) is 0 Å². The van der Waals surface area contributed by atoms with Crippen LogP contribution in [0.5, 0.6) is 0 Å². The lowest BCUT2D eigenvalue weighted by Gasteiger charge is -2.23. The van der Waals surface area contributed by atoms with Crippen molar-refractivity contribution in [3.63, 3.8) is 0 Å². The van der Waals surface area contributed by atoms with Gasteiger partial charge in [0.05, 0.1) is 6.54 Å². The van der Waals surface area contributed by atoms with Gasteiger partial charge >= 0.3 is 5.97 Å². The first-order valence-electron chi connectivity index (χ1n) is 6.42. The van der Waals surface area contributed by atoms with E-state index < -0.39 is 12.0 Å². The van der Waals surface area contributed by atoms with Crippen molar-refractivity contribution in [2.45, 2.75) is 26.3 Å². The third kappa shape index (κ3) is 6.76. The summed E-state index contributed by atoms with van der Waals surface area (Å²) in [6.07, 6.45) is 4.08. The molecule has 108 valence electrons. The molecule has 0 aliphatic carbocycles. The number of hydrogen-bond donors (Lipinski definition) is 2. The van der Waals surface area contributed by atoms with E-state index >= 15 is 0 Å². The van der Waals surface area contributed by atoms with Crippen LogP contribution >= 0.6 is 0 Å². The molecule has 5 heteroatoms. The molecule has 0 spiro atoms. The zero-order chi connectivity index (χ0) is 14.8. The SMILES string of the molecule is C=CCN(CC=C)CC(=O)NC(C(=O)O)C(C)CC. The molecule has 5 nitrogen and oxygen atoms in total. The lowest BCUT2D eigenvalue weighted by atomic mass is 9.99. The second-order valence-electron chi connectivity index (χ2n) is 4.54. The van der Waals surface area contributed by atoms with Gasteiger partial charge in [0.25, 0.3) is 0 Å². The molecule has 19 heavy (non-hydrogen) atoms. The highest BCUT2D eigenvalue weighted by atomic mass is 16.4. The molecule has 0 aliphatic heterocycles. The monoisotopic (exact) mass is 268 g/mol. The number of aliphatic carboxylic acids is 1. The van der Waals surface area contributed by atoms with Crippen LogP contribution in [0.2, 0.25) is 0 Å². The topological polar surface area (TPSA) is 69.6 Å². The zero-order valence-electron chi connectivity index (χ0n) is 11.8. The van der Waals surface area contributed by atoms with E-state index in [1.165, 1.54) is 0 Å². The molecule has 0 rings (SSSR count). The Kier molecular flexibility index (Phi) is 8.53. The van der Waals surface area contributed by atoms with Gasteiger partial charge in [-0.2, -0.15) is 0 Å². The van der Waals surface area contributed by atoms with Gasteiger partial charge in [0.15, 0.2) is 0 Å². The molecule has 2 N–H and O–H groups in total. The van der Waals surface area contributed by atoms with E-state index in [4.69, 9.17) is 5.11 Å². The van der Waals surface area contributed by atoms with Gasteiger partial charge in [-0.05, 0) is 5.92 Å². The largest absolute Gasteiger partial charge is 0.480 e. The minimum atomic E-state index is -0.998. The average Bonchev–Trinajstić information content (AvgIpc) is 2.35. The van der Waals surface area contributed by atoms with E-state index in [0.29, 0.717) is 19.5 Å². The maximum absolute atomic E-state index is 11.9. The fourth-order valence-corrected chi connectivity index (χ4v) is 1.67. The van der Waals surface area contributed by atoms with Gasteiger partial charge in [-0.1, -0.05) is 32.4 Å². The Morgan fingerprint density at radius 1 is 1.32 bits per heavy atom. The molecule has 0 aliphatic rings. The van der Waals surface area contributed by atoms with E-state index in [1.54, 1.807) is 12.2 Å². The van der Waals surface area contributed by atoms with Crippen molar-refractivity contribution in [2.75, 3.05) is 19.6 Å². The summed E-state index contributed by atoms with van der Waals surface area (Å²) >= 11 is 0. The number of nitrogens with zero attached hydrogens (tertiary/aromatic N) is 1. The van der Waals surface area contributed by atoms with Crippen LogP contribution in [0, 0.1) is 5.92 Å². The van der Waals surface area contributed by atoms with Crippen LogP contribution in [0.3, 0.4) is 0 Å². The lowest BCUT2D eigenvalue weighted by Crippen LogP contribution is -2.48. The van der Waals surface area contributed by atoms with Gasteiger partial charge in [-0.15, -0.1) is 13.2 Å². The van der Waals surface area contributed by atoms with Crippen molar-refractivity contribution in [1.82, 2.24) is 10.2 Å². The first-order valence-corrected chi connectivity index (χ1v) is 6.42. The van der Waals surface area contributed by atoms with E-state index in [2.05, 4.69) is 18.5 Å². The van der Waals surface area contributed by atoms with E-state index in [0.717, 1.165) is 0 Å². The van der Waals surface area contributed by atoms with E-state index in [9.17, 15) is 9.59 Å². The molecular formula is C14H24N2O3. The molecule has 0 aromatic carbocycles. The van der Waals surface area contributed by atoms with Crippen LogP contribution < -0.4 is 5.32 Å². The van der Waals surface area contributed by atoms with Gasteiger partial charge in [0, 0.05) is 13.1 Å². The first-order chi connectivity index (χ1) is 8.96. The van der Waals surface area contributed by atoms with E-state index in [-0.39, 0.29) is 18.4 Å². The van der Waals surface area contributed by atoms with E-state index in [1.807, 2.05) is 18.7 Å². The predicted octanol–water partition coefficient (Wildman–Crippen LogP) is 1.28. The summed E-state index contributed by atoms with van der Waals surface area (Å²) in [4.78, 5) is 24.8. The van der Waals surface area contributed by atoms with Gasteiger partial charge in [-0.3, -0.25) is 9.69 Å². The maximum atomic E-state index is 11.9. The molecule has 1 amide bonds. The molecule has 0 heterocycles. The predicted molar refractivity (Wildman–Crippen MR) is 75.9 cm³/mol. The highest BCUT2D eigenvalue weighted by molar-refractivity contribution is 5.84. The van der Waals surface area contributed by atoms with Crippen molar-refractivity contribution in [1.29, 1.82) is 0 Å². The number of rotatable bonds is 10. The van der Waals surface area contributed by atoms with Gasteiger partial charge in [0.1, 0.15) is 6.04 Å². The number of carboxylic acids is 1. The Labute approximate surface area is 115 Å². The van der Waals surface area contributed by atoms with Gasteiger partial charge in [0.2, 0.25) is 5.91 Å². The highest BCUT2D eigenvalue weighted by Gasteiger charge is 2.25. The Morgan fingerprint density at radius 2 is 1.84 bits per heavy atom. The fourth-order valence-electron chi connectivity index (χ4n) is 1.67. The minimum Gasteiger partial charge on any atom is -0.480 e. The molecule has 0 bridgehead atoms. The van der Waals surface area contributed by atoms with Crippen molar-refractivity contribution in [3.05, 3.63) is 25.3 Å². The average molecular weight is 268 g/mol. The molecule has 2 unspecified atom stereocenters. The third-order valence-corrected chi connectivity index (χ3v) is 2.94. The van der Waals surface area contributed by atoms with Gasteiger partial charge in [-0.25, -0.2) is 4.79 Å². The second kappa shape index (κ2) is 9.33. The number of hydrogen-bond acceptors (Lipinski definition) is 3. The highest BCUT2D eigenvalue weighted by Crippen LogP contribution is 2.07. The number of carboxylic acid groups (broad SMARTS) is 1. The summed E-state index contributed by atoms with van der Waals surface area (Å²) in [5.41, 5.74) is 0. The lowest BCUT2D eigenvalue weighted by molar-refractivity contribution is -0.143. The molecular weight excluding hydrogens is 244 g/mol. The van der Waals surface area contributed by atoms with Crippen LogP contribution in [-0.2, 0) is 9.59 Å². The standard InChI is InChI=1S/C14H24N2O3/c1-5-8-16(9-6-2)10-12(17)15-13(14(18)19)11(4)7-3/h5-6,11,13H,1-2,7-10H2,3-4H3,(H,15,17)(H,18,19). The molecule has 2 atom stereocenters. The number of carbonyl (C=O) groups excluding carboxylic acids is 1. The quantitative estimate of drug-likeness (QED) is 0.586. The summed E-state index contributed by atoms with van der Waals surface area (Å²) in [6, 6.07) is -0.841. The van der Waals surface area contributed by atoms with Crippen molar-refractivity contribution in [2.24, 2.45) is 5.92 Å². The van der Waals surface area contributed by atoms with Crippen LogP contribution in [0.4, 0.5) is 0 Å². The van der Waals surface area contributed by atoms with Crippen LogP contribution in [0.15, 0.2) is 25.3 Å². The summed E-state index contributed by atoms with van der Waals surface area (Å²) in [6.45, 7) is 12.2. The maximum Gasteiger partial charge on any atom is 0.326 e. The van der Waals surface area contributed by atoms with Crippen molar-refractivity contribution >= 4 is 11.9 Å². The third-order valence-electron chi connectivity index (χ3n) is 2.94. The van der Waals surface area contributed by atoms with Crippen molar-refractivity contribution < 1.29 is 14.7 Å². The molecule has 0 saturated heterocycles. The Balaban J connectivity index is 4.50. The normalized spacial score (nSPS) is 13.6. The summed E-state index contributed by atoms with van der Waals surface area (Å²) in [5, 5.41) is 11.7. The molecule has 0 fully saturated rings. The number of nitrogens with one attached hydrogen (secondary N) is 1. The Hall–Kier alpha value is -1.62. The summed E-state index contributed by atoms with van der Waals surface area (Å²) < 4.78 is 0. The van der Waals surface area contributed by atoms with Gasteiger partial charge < -0.3 is 10.4 Å². The molecule has 0 saturated carbocycles. The summed E-state index contributed by atoms with van der Waals surface area (Å²) in [5.74, 6) is -1.40. The second-order valence-corrected chi connectivity index (χ2v) is 4.54. The van der Waals surface area contributed by atoms with Crippen molar-refractivity contribution in [3.8, 4) is 0 Å². The zero-order valence-corrected chi connectivity index (χ0v) is 11.8. The first kappa shape index (κ1) is 17.4. The number of amides is 1. The smallest absolute Gasteiger partial charge is 0.326 e. The molecule has 0 radical (unpaired) electrons. The Morgan fingerprint density at radius 3 is 2.21 bits per heavy atom. The minimum absolute atomic E-state index is 0.103. The van der Waals surface area contributed by atoms with Crippen LogP contribution in [-0.4, -0.2) is 47.6 Å². The molecule has 0 aromatic rings. The fraction of sp³-hybridized carbons (Fsp3) is 0.571. The Bertz CT molecular complexity index is 319. The number of carbonyl (C=O) groups is 2. The van der Waals surface area contributed by atoms with Crippen LogP contribution in [0.1, 0.15) is 20.3 Å².